The molecule has 0 atom stereocenters. The van der Waals surface area contributed by atoms with Crippen LogP contribution in [-0.2, 0) is 30.7 Å². The molecule has 0 saturated heterocycles. The Labute approximate surface area is 67.7 Å². The maximum absolute atomic E-state index is 10.1. The molecule has 3 nitrogen and oxygen atoms in total. The monoisotopic (exact) mass is 300 g/mol. The van der Waals surface area contributed by atoms with Crippen molar-refractivity contribution in [2.75, 3.05) is 0 Å². The van der Waals surface area contributed by atoms with Gasteiger partial charge in [-0.05, 0) is 13.8 Å². The molecule has 52 valence electrons. The van der Waals surface area contributed by atoms with Gasteiger partial charge >= 0.3 is 0 Å². The van der Waals surface area contributed by atoms with Crippen LogP contribution in [-0.4, -0.2) is 22.8 Å². The maximum atomic E-state index is 10.1. The first-order valence-corrected chi connectivity index (χ1v) is 2.24. The molecule has 0 aromatic carbocycles. The molecule has 0 aliphatic rings. The second kappa shape index (κ2) is 4.83. The van der Waals surface area contributed by atoms with Crippen molar-refractivity contribution in [1.82, 2.24) is 0 Å². The third-order valence-corrected chi connectivity index (χ3v) is 0.770. The molecular weight excluding hydrogens is 292 g/mol. The second-order valence-corrected chi connectivity index (χ2v) is 1.62. The molecule has 0 aromatic rings. The van der Waals surface area contributed by atoms with Crippen molar-refractivity contribution in [2.24, 2.45) is 0 Å². The van der Waals surface area contributed by atoms with E-state index in [1.807, 2.05) is 0 Å². The van der Waals surface area contributed by atoms with Crippen LogP contribution in [0.1, 0.15) is 13.8 Å². The summed E-state index contributed by atoms with van der Waals surface area (Å²) in [6.07, 6.45) is -1.41. The van der Waals surface area contributed by atoms with Crippen LogP contribution in [0.25, 0.3) is 0 Å². The van der Waals surface area contributed by atoms with Crippen molar-refractivity contribution in [3.63, 3.8) is 0 Å². The summed E-state index contributed by atoms with van der Waals surface area (Å²) in [5.41, 5.74) is 0. The van der Waals surface area contributed by atoms with Crippen molar-refractivity contribution in [2.45, 2.75) is 20.0 Å². The van der Waals surface area contributed by atoms with Gasteiger partial charge in [-0.1, -0.05) is 0 Å². The summed E-state index contributed by atoms with van der Waals surface area (Å²) in [7, 11) is 0. The summed E-state index contributed by atoms with van der Waals surface area (Å²) in [5.74, 6) is -1.00. The second-order valence-electron chi connectivity index (χ2n) is 1.62. The summed E-state index contributed by atoms with van der Waals surface area (Å²) in [4.78, 5) is 20.2. The zero-order valence-electron chi connectivity index (χ0n) is 5.25. The Hall–Kier alpha value is -0.0117. The number of rotatable bonds is 2. The number of aliphatic hydroxyl groups is 1. The van der Waals surface area contributed by atoms with E-state index >= 15 is 0 Å². The first kappa shape index (κ1) is 11.7. The first-order chi connectivity index (χ1) is 3.55. The Kier molecular flexibility index (Phi) is 6.30. The maximum Gasteiger partial charge on any atom is 0.170 e. The zero-order valence-corrected chi connectivity index (χ0v) is 8.18. The average molecular weight is 300 g/mol. The fourth-order valence-electron chi connectivity index (χ4n) is 0.286. The van der Waals surface area contributed by atoms with Gasteiger partial charge in [0.15, 0.2) is 17.7 Å². The molecule has 0 heterocycles. The molecule has 0 unspecified atom stereocenters. The van der Waals surface area contributed by atoms with E-state index in [2.05, 4.69) is 0 Å². The number of aliphatic hydroxyl groups excluding tert-OH is 1. The van der Waals surface area contributed by atoms with E-state index in [4.69, 9.17) is 5.11 Å². The van der Waals surface area contributed by atoms with Crippen LogP contribution in [0.4, 0.5) is 0 Å². The Morgan fingerprint density at radius 1 is 1.22 bits per heavy atom. The third-order valence-electron chi connectivity index (χ3n) is 0.770. The molecule has 0 aliphatic heterocycles. The van der Waals surface area contributed by atoms with Gasteiger partial charge in [-0.3, -0.25) is 9.59 Å². The molecule has 9 heavy (non-hydrogen) atoms. The van der Waals surface area contributed by atoms with Crippen molar-refractivity contribution < 1.29 is 35.8 Å². The van der Waals surface area contributed by atoms with Crippen LogP contribution in [0.3, 0.4) is 0 Å². The van der Waals surface area contributed by atoms with Crippen LogP contribution in [0.15, 0.2) is 0 Å². The van der Waals surface area contributed by atoms with Gasteiger partial charge in [0.05, 0.1) is 0 Å². The number of hydrogen-bond donors (Lipinski definition) is 1. The molecule has 0 radical (unpaired) electrons. The van der Waals surface area contributed by atoms with Gasteiger partial charge in [0.25, 0.3) is 0 Å². The van der Waals surface area contributed by atoms with Crippen molar-refractivity contribution in [1.29, 1.82) is 0 Å². The summed E-state index contributed by atoms with van der Waals surface area (Å²) >= 11 is 0. The molecular formula is C5H8O3W. The Morgan fingerprint density at radius 2 is 1.44 bits per heavy atom. The molecule has 4 heteroatoms. The minimum Gasteiger partial charge on any atom is -0.378 e. The Balaban J connectivity index is 0. The molecule has 0 saturated carbocycles. The molecule has 0 fully saturated rings. The SMILES string of the molecule is CC(=O)C(O)C(C)=O.[W]. The number of carbonyl (C=O) groups is 2. The molecule has 0 bridgehead atoms. The molecule has 0 aromatic heterocycles. The van der Waals surface area contributed by atoms with Crippen LogP contribution in [0, 0.1) is 0 Å². The van der Waals surface area contributed by atoms with Gasteiger partial charge in [0.2, 0.25) is 0 Å². The van der Waals surface area contributed by atoms with Crippen LogP contribution >= 0.6 is 0 Å². The predicted molar refractivity (Wildman–Crippen MR) is 27.4 cm³/mol. The molecule has 0 amide bonds. The third kappa shape index (κ3) is 4.49. The number of carbonyl (C=O) groups excluding carboxylic acids is 2. The number of ketones is 2. The van der Waals surface area contributed by atoms with E-state index < -0.39 is 17.7 Å². The molecule has 0 spiro atoms. The van der Waals surface area contributed by atoms with Gasteiger partial charge in [0.1, 0.15) is 0 Å². The minimum absolute atomic E-state index is 0. The van der Waals surface area contributed by atoms with Crippen molar-refractivity contribution in [3.05, 3.63) is 0 Å². The average Bonchev–Trinajstić information content (AvgIpc) is 1.64. The minimum atomic E-state index is -1.41. The summed E-state index contributed by atoms with van der Waals surface area (Å²) in [6, 6.07) is 0. The van der Waals surface area contributed by atoms with Crippen LogP contribution < -0.4 is 0 Å². The van der Waals surface area contributed by atoms with Crippen molar-refractivity contribution >= 4 is 11.6 Å². The van der Waals surface area contributed by atoms with E-state index in [1.165, 1.54) is 13.8 Å². The van der Waals surface area contributed by atoms with E-state index in [9.17, 15) is 9.59 Å². The molecule has 0 rings (SSSR count). The molecule has 1 N–H and O–H groups in total. The number of hydrogen-bond acceptors (Lipinski definition) is 3. The predicted octanol–water partition coefficient (Wildman–Crippen LogP) is -0.477. The summed E-state index contributed by atoms with van der Waals surface area (Å²) < 4.78 is 0. The van der Waals surface area contributed by atoms with Gasteiger partial charge in [-0.25, -0.2) is 0 Å². The van der Waals surface area contributed by atoms with E-state index in [-0.39, 0.29) is 21.1 Å². The van der Waals surface area contributed by atoms with E-state index in [0.29, 0.717) is 0 Å². The van der Waals surface area contributed by atoms with Crippen LogP contribution in [0.2, 0.25) is 0 Å². The Morgan fingerprint density at radius 3 is 1.44 bits per heavy atom. The largest absolute Gasteiger partial charge is 0.378 e. The fraction of sp³-hybridized carbons (Fsp3) is 0.600. The quantitative estimate of drug-likeness (QED) is 0.701. The zero-order chi connectivity index (χ0) is 6.73. The van der Waals surface area contributed by atoms with Crippen LogP contribution in [0.5, 0.6) is 0 Å². The van der Waals surface area contributed by atoms with E-state index in [1.54, 1.807) is 0 Å². The fourth-order valence-corrected chi connectivity index (χ4v) is 0.286. The molecule has 0 aliphatic carbocycles. The van der Waals surface area contributed by atoms with Gasteiger partial charge in [0, 0.05) is 21.1 Å². The smallest absolute Gasteiger partial charge is 0.170 e. The summed E-state index contributed by atoms with van der Waals surface area (Å²) in [6.45, 7) is 2.35. The van der Waals surface area contributed by atoms with Crippen molar-refractivity contribution in [3.8, 4) is 0 Å². The summed E-state index contributed by atoms with van der Waals surface area (Å²) in [5, 5.41) is 8.50. The van der Waals surface area contributed by atoms with Gasteiger partial charge < -0.3 is 5.11 Å². The van der Waals surface area contributed by atoms with E-state index in [0.717, 1.165) is 0 Å². The standard InChI is InChI=1S/C5H8O3.W/c1-3(6)5(8)4(2)7;/h5,8H,1-2H3;. The normalized spacial score (nSPS) is 8.44. The van der Waals surface area contributed by atoms with Gasteiger partial charge in [-0.2, -0.15) is 0 Å². The topological polar surface area (TPSA) is 54.4 Å². The van der Waals surface area contributed by atoms with Gasteiger partial charge in [-0.15, -0.1) is 0 Å². The Bertz CT molecular complexity index is 107. The number of Topliss-reactive ketones (excluding diaryl/α,β-unsaturated/α-hetero) is 2. The first-order valence-electron chi connectivity index (χ1n) is 2.24.